The summed E-state index contributed by atoms with van der Waals surface area (Å²) >= 11 is 5.83. The first-order chi connectivity index (χ1) is 12.0. The molecule has 128 valence electrons. The molecule has 1 aliphatic heterocycles. The molecule has 1 saturated heterocycles. The minimum atomic E-state index is -0.808. The minimum absolute atomic E-state index is 0.0322. The monoisotopic (exact) mass is 357 g/mol. The lowest BCUT2D eigenvalue weighted by molar-refractivity contribution is -0.121. The fraction of sp³-hybridized carbons (Fsp3) is 0.167. The molecule has 0 aliphatic carbocycles. The van der Waals surface area contributed by atoms with Gasteiger partial charge in [-0.05, 0) is 43.3 Å². The molecule has 0 unspecified atom stereocenters. The highest BCUT2D eigenvalue weighted by Gasteiger charge is 2.39. The number of hydrogen-bond donors (Lipinski definition) is 2. The van der Waals surface area contributed by atoms with Gasteiger partial charge in [0.25, 0.3) is 11.8 Å². The summed E-state index contributed by atoms with van der Waals surface area (Å²) in [5, 5.41) is 0.517. The zero-order valence-electron chi connectivity index (χ0n) is 13.5. The van der Waals surface area contributed by atoms with Gasteiger partial charge in [0.1, 0.15) is 6.04 Å². The van der Waals surface area contributed by atoms with Gasteiger partial charge in [-0.15, -0.1) is 0 Å². The molecular formula is C18H16ClN3O3. The van der Waals surface area contributed by atoms with Crippen LogP contribution in [0.5, 0.6) is 0 Å². The second-order valence-corrected chi connectivity index (χ2v) is 6.20. The number of hydrogen-bond acceptors (Lipinski definition) is 4. The molecule has 0 saturated carbocycles. The SMILES string of the molecule is Cc1cccc(C(=O)NN[C@@H]2CC(=O)N(c3ccc(Cl)cc3)C2=O)c1. The molecule has 2 aromatic carbocycles. The molecule has 3 rings (SSSR count). The summed E-state index contributed by atoms with van der Waals surface area (Å²) in [6, 6.07) is 12.7. The van der Waals surface area contributed by atoms with Crippen molar-refractivity contribution in [1.82, 2.24) is 10.9 Å². The van der Waals surface area contributed by atoms with Crippen LogP contribution in [0.4, 0.5) is 5.69 Å². The van der Waals surface area contributed by atoms with Crippen LogP contribution in [0, 0.1) is 6.92 Å². The average Bonchev–Trinajstić information content (AvgIpc) is 2.87. The summed E-state index contributed by atoms with van der Waals surface area (Å²) in [7, 11) is 0. The lowest BCUT2D eigenvalue weighted by Crippen LogP contribution is -2.48. The van der Waals surface area contributed by atoms with Gasteiger partial charge in [0, 0.05) is 10.6 Å². The summed E-state index contributed by atoms with van der Waals surface area (Å²) < 4.78 is 0. The van der Waals surface area contributed by atoms with Crippen molar-refractivity contribution in [2.45, 2.75) is 19.4 Å². The van der Waals surface area contributed by atoms with Crippen molar-refractivity contribution in [2.24, 2.45) is 0 Å². The highest BCUT2D eigenvalue weighted by atomic mass is 35.5. The number of carbonyl (C=O) groups excluding carboxylic acids is 3. The van der Waals surface area contributed by atoms with E-state index in [2.05, 4.69) is 10.9 Å². The molecule has 0 spiro atoms. The number of carbonyl (C=O) groups is 3. The Morgan fingerprint density at radius 1 is 1.16 bits per heavy atom. The number of amides is 3. The van der Waals surface area contributed by atoms with Crippen LogP contribution in [-0.2, 0) is 9.59 Å². The summed E-state index contributed by atoms with van der Waals surface area (Å²) in [5.74, 6) is -1.12. The van der Waals surface area contributed by atoms with Crippen molar-refractivity contribution >= 4 is 35.0 Å². The molecule has 6 nitrogen and oxygen atoms in total. The Morgan fingerprint density at radius 3 is 2.56 bits per heavy atom. The Labute approximate surface area is 149 Å². The predicted octanol–water partition coefficient (Wildman–Crippen LogP) is 2.21. The van der Waals surface area contributed by atoms with E-state index in [4.69, 9.17) is 11.6 Å². The molecule has 1 atom stereocenters. The lowest BCUT2D eigenvalue weighted by Gasteiger charge is -2.16. The van der Waals surface area contributed by atoms with Crippen LogP contribution in [0.25, 0.3) is 0 Å². The summed E-state index contributed by atoms with van der Waals surface area (Å²) in [5.41, 5.74) is 7.02. The predicted molar refractivity (Wildman–Crippen MR) is 94.1 cm³/mol. The van der Waals surface area contributed by atoms with E-state index in [0.717, 1.165) is 10.5 Å². The van der Waals surface area contributed by atoms with Gasteiger partial charge in [-0.1, -0.05) is 29.3 Å². The normalized spacial score (nSPS) is 17.0. The molecule has 0 aromatic heterocycles. The number of rotatable bonds is 4. The highest BCUT2D eigenvalue weighted by molar-refractivity contribution is 6.30. The first kappa shape index (κ1) is 17.1. The van der Waals surface area contributed by atoms with Gasteiger partial charge >= 0.3 is 0 Å². The molecule has 2 aromatic rings. The molecule has 3 amide bonds. The first-order valence-corrected chi connectivity index (χ1v) is 8.08. The van der Waals surface area contributed by atoms with Gasteiger partial charge in [0.05, 0.1) is 12.1 Å². The van der Waals surface area contributed by atoms with Crippen LogP contribution in [0.3, 0.4) is 0 Å². The summed E-state index contributed by atoms with van der Waals surface area (Å²) in [6.45, 7) is 1.88. The zero-order valence-corrected chi connectivity index (χ0v) is 14.2. The third-order valence-electron chi connectivity index (χ3n) is 3.87. The Hall–Kier alpha value is -2.70. The van der Waals surface area contributed by atoms with Crippen LogP contribution in [0.15, 0.2) is 48.5 Å². The first-order valence-electron chi connectivity index (χ1n) is 7.70. The van der Waals surface area contributed by atoms with Crippen molar-refractivity contribution in [3.8, 4) is 0 Å². The van der Waals surface area contributed by atoms with Crippen molar-refractivity contribution in [1.29, 1.82) is 0 Å². The van der Waals surface area contributed by atoms with Gasteiger partial charge in [-0.3, -0.25) is 19.8 Å². The second-order valence-electron chi connectivity index (χ2n) is 5.77. The number of nitrogens with zero attached hydrogens (tertiary/aromatic N) is 1. The molecular weight excluding hydrogens is 342 g/mol. The van der Waals surface area contributed by atoms with E-state index < -0.39 is 11.9 Å². The lowest BCUT2D eigenvalue weighted by atomic mass is 10.1. The number of aryl methyl sites for hydroxylation is 1. The Bertz CT molecular complexity index is 836. The van der Waals surface area contributed by atoms with Crippen molar-refractivity contribution < 1.29 is 14.4 Å². The van der Waals surface area contributed by atoms with Crippen LogP contribution in [-0.4, -0.2) is 23.8 Å². The number of nitrogens with one attached hydrogen (secondary N) is 2. The number of imide groups is 1. The fourth-order valence-corrected chi connectivity index (χ4v) is 2.74. The van der Waals surface area contributed by atoms with Crippen LogP contribution in [0.2, 0.25) is 5.02 Å². The number of halogens is 1. The second kappa shape index (κ2) is 7.04. The van der Waals surface area contributed by atoms with Crippen LogP contribution in [0.1, 0.15) is 22.3 Å². The quantitative estimate of drug-likeness (QED) is 0.649. The fourth-order valence-electron chi connectivity index (χ4n) is 2.62. The summed E-state index contributed by atoms with van der Waals surface area (Å²) in [6.07, 6.45) is -0.0322. The topological polar surface area (TPSA) is 78.5 Å². The largest absolute Gasteiger partial charge is 0.287 e. The van der Waals surface area contributed by atoms with E-state index in [1.165, 1.54) is 0 Å². The van der Waals surface area contributed by atoms with Gasteiger partial charge in [0.2, 0.25) is 5.91 Å². The van der Waals surface area contributed by atoms with E-state index >= 15 is 0 Å². The maximum atomic E-state index is 12.5. The van der Waals surface area contributed by atoms with Crippen molar-refractivity contribution in [3.05, 3.63) is 64.7 Å². The van der Waals surface area contributed by atoms with Crippen LogP contribution >= 0.6 is 11.6 Å². The van der Waals surface area contributed by atoms with E-state index in [1.54, 1.807) is 42.5 Å². The molecule has 0 bridgehead atoms. The summed E-state index contributed by atoms with van der Waals surface area (Å²) in [4.78, 5) is 37.8. The highest BCUT2D eigenvalue weighted by Crippen LogP contribution is 2.24. The van der Waals surface area contributed by atoms with Gasteiger partial charge in [-0.25, -0.2) is 10.3 Å². The average molecular weight is 358 g/mol. The number of hydrazine groups is 1. The van der Waals surface area contributed by atoms with Gasteiger partial charge in [-0.2, -0.15) is 0 Å². The molecule has 1 heterocycles. The van der Waals surface area contributed by atoms with E-state index in [1.807, 2.05) is 13.0 Å². The van der Waals surface area contributed by atoms with Crippen molar-refractivity contribution in [3.63, 3.8) is 0 Å². The minimum Gasteiger partial charge on any atom is -0.287 e. The van der Waals surface area contributed by atoms with Gasteiger partial charge < -0.3 is 0 Å². The molecule has 2 N–H and O–H groups in total. The van der Waals surface area contributed by atoms with E-state index in [9.17, 15) is 14.4 Å². The Kier molecular flexibility index (Phi) is 4.83. The molecule has 7 heteroatoms. The third-order valence-corrected chi connectivity index (χ3v) is 4.12. The maximum Gasteiger partial charge on any atom is 0.265 e. The standard InChI is InChI=1S/C18H16ClN3O3/c1-11-3-2-4-12(9-11)17(24)21-20-15-10-16(23)22(18(15)25)14-7-5-13(19)6-8-14/h2-9,15,20H,10H2,1H3,(H,21,24)/t15-/m1/s1. The number of benzene rings is 2. The van der Waals surface area contributed by atoms with Crippen molar-refractivity contribution in [2.75, 3.05) is 4.90 Å². The smallest absolute Gasteiger partial charge is 0.265 e. The Morgan fingerprint density at radius 2 is 1.88 bits per heavy atom. The molecule has 1 aliphatic rings. The molecule has 1 fully saturated rings. The molecule has 0 radical (unpaired) electrons. The van der Waals surface area contributed by atoms with E-state index in [0.29, 0.717) is 16.3 Å². The zero-order chi connectivity index (χ0) is 18.0. The molecule has 25 heavy (non-hydrogen) atoms. The van der Waals surface area contributed by atoms with Gasteiger partial charge in [0.15, 0.2) is 0 Å². The van der Waals surface area contributed by atoms with Crippen LogP contribution < -0.4 is 15.8 Å². The number of anilines is 1. The third kappa shape index (κ3) is 3.70. The Balaban J connectivity index is 1.66. The maximum absolute atomic E-state index is 12.5. The van der Waals surface area contributed by atoms with E-state index in [-0.39, 0.29) is 18.2 Å².